The SMILES string of the molecule is NC(=O)c1c(N)nc(NC2CC2)nc1N. The lowest BCUT2D eigenvalue weighted by molar-refractivity contribution is 0.100. The molecule has 1 fully saturated rings. The van der Waals surface area contributed by atoms with Gasteiger partial charge in [-0.05, 0) is 12.8 Å². The molecule has 1 aromatic rings. The molecule has 1 amide bonds. The Bertz CT molecular complexity index is 391. The molecule has 1 aromatic heterocycles. The van der Waals surface area contributed by atoms with Crippen LogP contribution in [0.2, 0.25) is 0 Å². The second-order valence-corrected chi connectivity index (χ2v) is 3.48. The van der Waals surface area contributed by atoms with E-state index in [2.05, 4.69) is 15.3 Å². The summed E-state index contributed by atoms with van der Waals surface area (Å²) in [5.74, 6) is -0.350. The largest absolute Gasteiger partial charge is 0.383 e. The minimum absolute atomic E-state index is 0.0122. The Morgan fingerprint density at radius 3 is 2.20 bits per heavy atom. The Morgan fingerprint density at radius 2 is 1.80 bits per heavy atom. The molecule has 1 heterocycles. The number of primary amides is 1. The number of nitrogens with one attached hydrogen (secondary N) is 1. The number of carbonyl (C=O) groups excluding carboxylic acids is 1. The van der Waals surface area contributed by atoms with E-state index >= 15 is 0 Å². The number of aromatic nitrogens is 2. The Hall–Kier alpha value is -2.05. The van der Waals surface area contributed by atoms with Gasteiger partial charge in [0.1, 0.15) is 17.2 Å². The fourth-order valence-corrected chi connectivity index (χ4v) is 1.22. The van der Waals surface area contributed by atoms with Gasteiger partial charge in [-0.25, -0.2) is 0 Å². The molecule has 1 saturated carbocycles. The summed E-state index contributed by atoms with van der Waals surface area (Å²) in [5, 5.41) is 3.03. The van der Waals surface area contributed by atoms with Gasteiger partial charge in [0.05, 0.1) is 0 Å². The van der Waals surface area contributed by atoms with Crippen molar-refractivity contribution in [3.63, 3.8) is 0 Å². The number of hydrogen-bond donors (Lipinski definition) is 4. The highest BCUT2D eigenvalue weighted by atomic mass is 16.1. The highest BCUT2D eigenvalue weighted by molar-refractivity contribution is 6.01. The Kier molecular flexibility index (Phi) is 2.07. The molecule has 7 N–H and O–H groups in total. The Balaban J connectivity index is 2.32. The van der Waals surface area contributed by atoms with E-state index in [-0.39, 0.29) is 17.2 Å². The third-order valence-electron chi connectivity index (χ3n) is 2.12. The molecular formula is C8H12N6O. The second kappa shape index (κ2) is 3.26. The topological polar surface area (TPSA) is 133 Å². The molecule has 0 aromatic carbocycles. The van der Waals surface area contributed by atoms with Crippen LogP contribution in [-0.4, -0.2) is 21.9 Å². The average molecular weight is 208 g/mol. The number of nitrogens with two attached hydrogens (primary N) is 3. The molecule has 0 atom stereocenters. The van der Waals surface area contributed by atoms with Crippen LogP contribution in [0.15, 0.2) is 0 Å². The van der Waals surface area contributed by atoms with Crippen molar-refractivity contribution in [2.45, 2.75) is 18.9 Å². The summed E-state index contributed by atoms with van der Waals surface area (Å²) in [7, 11) is 0. The first-order chi connectivity index (χ1) is 7.08. The average Bonchev–Trinajstić information content (AvgIpc) is 2.85. The van der Waals surface area contributed by atoms with Crippen molar-refractivity contribution in [3.05, 3.63) is 5.56 Å². The zero-order valence-electron chi connectivity index (χ0n) is 8.03. The molecule has 0 radical (unpaired) electrons. The fraction of sp³-hybridized carbons (Fsp3) is 0.375. The predicted octanol–water partition coefficient (Wildman–Crippen LogP) is -0.686. The zero-order chi connectivity index (χ0) is 11.0. The monoisotopic (exact) mass is 208 g/mol. The number of nitrogens with zero attached hydrogens (tertiary/aromatic N) is 2. The first kappa shape index (κ1) is 9.50. The van der Waals surface area contributed by atoms with Crippen molar-refractivity contribution in [2.24, 2.45) is 5.73 Å². The van der Waals surface area contributed by atoms with Crippen LogP contribution in [0.3, 0.4) is 0 Å². The van der Waals surface area contributed by atoms with E-state index in [0.717, 1.165) is 12.8 Å². The van der Waals surface area contributed by atoms with Gasteiger partial charge in [0.2, 0.25) is 5.95 Å². The van der Waals surface area contributed by atoms with Crippen LogP contribution in [0.5, 0.6) is 0 Å². The lowest BCUT2D eigenvalue weighted by Crippen LogP contribution is -2.19. The first-order valence-electron chi connectivity index (χ1n) is 4.57. The minimum atomic E-state index is -0.719. The number of hydrogen-bond acceptors (Lipinski definition) is 6. The molecule has 7 nitrogen and oxygen atoms in total. The summed E-state index contributed by atoms with van der Waals surface area (Å²) >= 11 is 0. The van der Waals surface area contributed by atoms with E-state index in [0.29, 0.717) is 12.0 Å². The normalized spacial score (nSPS) is 14.9. The number of amides is 1. The smallest absolute Gasteiger partial charge is 0.256 e. The van der Waals surface area contributed by atoms with Crippen LogP contribution in [0.25, 0.3) is 0 Å². The summed E-state index contributed by atoms with van der Waals surface area (Å²) in [6, 6.07) is 0.392. The van der Waals surface area contributed by atoms with Crippen molar-refractivity contribution in [1.29, 1.82) is 0 Å². The molecule has 7 heteroatoms. The van der Waals surface area contributed by atoms with Gasteiger partial charge in [0, 0.05) is 6.04 Å². The van der Waals surface area contributed by atoms with E-state index < -0.39 is 5.91 Å². The van der Waals surface area contributed by atoms with E-state index in [1.54, 1.807) is 0 Å². The summed E-state index contributed by atoms with van der Waals surface area (Å²) in [5.41, 5.74) is 16.2. The molecule has 0 aliphatic heterocycles. The van der Waals surface area contributed by atoms with Gasteiger partial charge in [0.25, 0.3) is 5.91 Å². The van der Waals surface area contributed by atoms with E-state index in [9.17, 15) is 4.79 Å². The van der Waals surface area contributed by atoms with Gasteiger partial charge in [-0.1, -0.05) is 0 Å². The van der Waals surface area contributed by atoms with Crippen LogP contribution < -0.4 is 22.5 Å². The van der Waals surface area contributed by atoms with Crippen molar-refractivity contribution in [3.8, 4) is 0 Å². The van der Waals surface area contributed by atoms with Gasteiger partial charge in [-0.2, -0.15) is 9.97 Å². The number of anilines is 3. The zero-order valence-corrected chi connectivity index (χ0v) is 8.03. The lowest BCUT2D eigenvalue weighted by Gasteiger charge is -2.08. The van der Waals surface area contributed by atoms with E-state index in [4.69, 9.17) is 17.2 Å². The molecule has 0 spiro atoms. The van der Waals surface area contributed by atoms with Crippen LogP contribution in [-0.2, 0) is 0 Å². The maximum Gasteiger partial charge on any atom is 0.256 e. The number of rotatable bonds is 3. The highest BCUT2D eigenvalue weighted by Gasteiger charge is 2.23. The minimum Gasteiger partial charge on any atom is -0.383 e. The first-order valence-corrected chi connectivity index (χ1v) is 4.57. The Labute approximate surface area is 86.1 Å². The fourth-order valence-electron chi connectivity index (χ4n) is 1.22. The number of nitrogen functional groups attached to an aromatic ring is 2. The molecule has 0 bridgehead atoms. The quantitative estimate of drug-likeness (QED) is 0.519. The molecule has 2 rings (SSSR count). The predicted molar refractivity (Wildman–Crippen MR) is 56.0 cm³/mol. The standard InChI is InChI=1S/C8H12N6O/c9-5-4(7(11)15)6(10)14-8(13-5)12-3-1-2-3/h3H,1-2H2,(H2,11,15)(H5,9,10,12,13,14). The maximum atomic E-state index is 11.0. The molecule has 80 valence electrons. The van der Waals surface area contributed by atoms with Crippen LogP contribution >= 0.6 is 0 Å². The molecule has 1 aliphatic rings. The summed E-state index contributed by atoms with van der Waals surface area (Å²) in [6.07, 6.45) is 2.17. The van der Waals surface area contributed by atoms with Crippen molar-refractivity contribution in [1.82, 2.24) is 9.97 Å². The van der Waals surface area contributed by atoms with E-state index in [1.807, 2.05) is 0 Å². The van der Waals surface area contributed by atoms with Gasteiger partial charge < -0.3 is 22.5 Å². The van der Waals surface area contributed by atoms with Crippen LogP contribution in [0.1, 0.15) is 23.2 Å². The van der Waals surface area contributed by atoms with Gasteiger partial charge in [-0.15, -0.1) is 0 Å². The van der Waals surface area contributed by atoms with Crippen molar-refractivity contribution in [2.75, 3.05) is 16.8 Å². The van der Waals surface area contributed by atoms with Crippen LogP contribution in [0.4, 0.5) is 17.6 Å². The van der Waals surface area contributed by atoms with Gasteiger partial charge >= 0.3 is 0 Å². The van der Waals surface area contributed by atoms with Gasteiger partial charge in [-0.3, -0.25) is 4.79 Å². The number of carbonyl (C=O) groups is 1. The summed E-state index contributed by atoms with van der Waals surface area (Å²) in [6.45, 7) is 0. The molecule has 15 heavy (non-hydrogen) atoms. The van der Waals surface area contributed by atoms with Crippen molar-refractivity contribution < 1.29 is 4.79 Å². The van der Waals surface area contributed by atoms with E-state index in [1.165, 1.54) is 0 Å². The lowest BCUT2D eigenvalue weighted by atomic mass is 10.2. The Morgan fingerprint density at radius 1 is 1.27 bits per heavy atom. The van der Waals surface area contributed by atoms with Crippen molar-refractivity contribution >= 4 is 23.5 Å². The maximum absolute atomic E-state index is 11.0. The summed E-state index contributed by atoms with van der Waals surface area (Å²) < 4.78 is 0. The van der Waals surface area contributed by atoms with Crippen LogP contribution in [0, 0.1) is 0 Å². The second-order valence-electron chi connectivity index (χ2n) is 3.48. The van der Waals surface area contributed by atoms with Gasteiger partial charge in [0.15, 0.2) is 0 Å². The summed E-state index contributed by atoms with van der Waals surface area (Å²) in [4.78, 5) is 18.8. The molecule has 0 saturated heterocycles. The third kappa shape index (κ3) is 1.90. The third-order valence-corrected chi connectivity index (χ3v) is 2.12. The molecule has 1 aliphatic carbocycles. The molecule has 0 unspecified atom stereocenters. The molecular weight excluding hydrogens is 196 g/mol. The highest BCUT2D eigenvalue weighted by Crippen LogP contribution is 2.24.